The lowest BCUT2D eigenvalue weighted by Crippen LogP contribution is -2.27. The maximum absolute atomic E-state index is 9.05. The second-order valence-electron chi connectivity index (χ2n) is 4.60. The SMILES string of the molecule is CC(C)C(CCO)Nc1ccc2nccnc2n1. The molecule has 2 aromatic rings. The molecule has 0 fully saturated rings. The van der Waals surface area contributed by atoms with Gasteiger partial charge in [-0.3, -0.25) is 4.98 Å². The predicted molar refractivity (Wildman–Crippen MR) is 71.3 cm³/mol. The Balaban J connectivity index is 2.20. The third-order valence-electron chi connectivity index (χ3n) is 2.91. The van der Waals surface area contributed by atoms with E-state index in [-0.39, 0.29) is 12.6 Å². The molecule has 0 aliphatic heterocycles. The van der Waals surface area contributed by atoms with Crippen LogP contribution in [0.25, 0.3) is 11.2 Å². The zero-order valence-corrected chi connectivity index (χ0v) is 10.7. The first-order valence-electron chi connectivity index (χ1n) is 6.16. The zero-order valence-electron chi connectivity index (χ0n) is 10.7. The molecule has 0 bridgehead atoms. The van der Waals surface area contributed by atoms with Crippen LogP contribution < -0.4 is 5.32 Å². The van der Waals surface area contributed by atoms with Crippen LogP contribution >= 0.6 is 0 Å². The van der Waals surface area contributed by atoms with Gasteiger partial charge in [-0.25, -0.2) is 9.97 Å². The number of pyridine rings is 1. The van der Waals surface area contributed by atoms with Crippen molar-refractivity contribution >= 4 is 17.0 Å². The molecule has 0 aromatic carbocycles. The smallest absolute Gasteiger partial charge is 0.180 e. The summed E-state index contributed by atoms with van der Waals surface area (Å²) in [6.45, 7) is 4.41. The molecule has 0 spiro atoms. The van der Waals surface area contributed by atoms with Gasteiger partial charge in [-0.1, -0.05) is 13.8 Å². The number of hydrogen-bond donors (Lipinski definition) is 2. The lowest BCUT2D eigenvalue weighted by atomic mass is 10.0. The van der Waals surface area contributed by atoms with E-state index in [9.17, 15) is 0 Å². The van der Waals surface area contributed by atoms with Gasteiger partial charge in [0.05, 0.1) is 0 Å². The fourth-order valence-corrected chi connectivity index (χ4v) is 1.84. The summed E-state index contributed by atoms with van der Waals surface area (Å²) in [5, 5.41) is 12.4. The van der Waals surface area contributed by atoms with Crippen molar-refractivity contribution in [3.63, 3.8) is 0 Å². The van der Waals surface area contributed by atoms with Gasteiger partial charge in [0.1, 0.15) is 11.3 Å². The van der Waals surface area contributed by atoms with Gasteiger partial charge < -0.3 is 10.4 Å². The molecule has 0 radical (unpaired) electrons. The molecule has 18 heavy (non-hydrogen) atoms. The van der Waals surface area contributed by atoms with Gasteiger partial charge in [-0.15, -0.1) is 0 Å². The fourth-order valence-electron chi connectivity index (χ4n) is 1.84. The number of nitrogens with zero attached hydrogens (tertiary/aromatic N) is 3. The zero-order chi connectivity index (χ0) is 13.0. The molecular weight excluding hydrogens is 228 g/mol. The minimum atomic E-state index is 0.170. The van der Waals surface area contributed by atoms with Crippen molar-refractivity contribution in [2.24, 2.45) is 5.92 Å². The van der Waals surface area contributed by atoms with E-state index < -0.39 is 0 Å². The monoisotopic (exact) mass is 246 g/mol. The second kappa shape index (κ2) is 5.73. The first kappa shape index (κ1) is 12.7. The van der Waals surface area contributed by atoms with Gasteiger partial charge >= 0.3 is 0 Å². The molecule has 2 heterocycles. The molecule has 0 saturated carbocycles. The first-order chi connectivity index (χ1) is 8.70. The Morgan fingerprint density at radius 1 is 1.22 bits per heavy atom. The molecule has 96 valence electrons. The largest absolute Gasteiger partial charge is 0.396 e. The summed E-state index contributed by atoms with van der Waals surface area (Å²) in [5.41, 5.74) is 1.42. The predicted octanol–water partition coefficient (Wildman–Crippen LogP) is 1.84. The standard InChI is InChI=1S/C13H18N4O/c1-9(2)10(5-8-18)16-12-4-3-11-13(17-12)15-7-6-14-11/h3-4,6-7,9-10,18H,5,8H2,1-2H3,(H,15,16,17). The highest BCUT2D eigenvalue weighted by Crippen LogP contribution is 2.15. The first-order valence-corrected chi connectivity index (χ1v) is 6.16. The van der Waals surface area contributed by atoms with Crippen LogP contribution in [0.2, 0.25) is 0 Å². The van der Waals surface area contributed by atoms with Crippen molar-refractivity contribution in [2.45, 2.75) is 26.3 Å². The lowest BCUT2D eigenvalue weighted by Gasteiger charge is -2.22. The van der Waals surface area contributed by atoms with E-state index in [1.54, 1.807) is 12.4 Å². The molecule has 5 nitrogen and oxygen atoms in total. The van der Waals surface area contributed by atoms with E-state index in [0.717, 1.165) is 11.3 Å². The highest BCUT2D eigenvalue weighted by Gasteiger charge is 2.13. The molecule has 0 aliphatic rings. The van der Waals surface area contributed by atoms with Crippen LogP contribution in [0, 0.1) is 5.92 Å². The van der Waals surface area contributed by atoms with Gasteiger partial charge in [-0.05, 0) is 24.5 Å². The average molecular weight is 246 g/mol. The summed E-state index contributed by atoms with van der Waals surface area (Å²) in [6.07, 6.45) is 3.99. The van der Waals surface area contributed by atoms with Crippen molar-refractivity contribution in [3.8, 4) is 0 Å². The Hall–Kier alpha value is -1.75. The number of rotatable bonds is 5. The molecule has 0 aliphatic carbocycles. The van der Waals surface area contributed by atoms with E-state index in [4.69, 9.17) is 5.11 Å². The van der Waals surface area contributed by atoms with Crippen molar-refractivity contribution in [2.75, 3.05) is 11.9 Å². The fraction of sp³-hybridized carbons (Fsp3) is 0.462. The summed E-state index contributed by atoms with van der Waals surface area (Å²) in [4.78, 5) is 12.8. The Bertz CT molecular complexity index is 515. The third kappa shape index (κ3) is 2.92. The average Bonchev–Trinajstić information content (AvgIpc) is 2.38. The van der Waals surface area contributed by atoms with Crippen molar-refractivity contribution < 1.29 is 5.11 Å². The highest BCUT2D eigenvalue weighted by atomic mass is 16.3. The molecule has 1 atom stereocenters. The minimum absolute atomic E-state index is 0.170. The molecule has 2 aromatic heterocycles. The molecule has 0 amide bonds. The number of fused-ring (bicyclic) bond motifs is 1. The van der Waals surface area contributed by atoms with E-state index in [2.05, 4.69) is 34.1 Å². The molecule has 2 N–H and O–H groups in total. The topological polar surface area (TPSA) is 70.9 Å². The summed E-state index contributed by atoms with van der Waals surface area (Å²) >= 11 is 0. The summed E-state index contributed by atoms with van der Waals surface area (Å²) in [6, 6.07) is 3.99. The summed E-state index contributed by atoms with van der Waals surface area (Å²) in [7, 11) is 0. The molecule has 5 heteroatoms. The van der Waals surface area contributed by atoms with Gasteiger partial charge in [0.25, 0.3) is 0 Å². The van der Waals surface area contributed by atoms with Crippen LogP contribution in [0.5, 0.6) is 0 Å². The van der Waals surface area contributed by atoms with Crippen molar-refractivity contribution in [1.29, 1.82) is 0 Å². The number of nitrogens with one attached hydrogen (secondary N) is 1. The highest BCUT2D eigenvalue weighted by molar-refractivity contribution is 5.71. The summed E-state index contributed by atoms with van der Waals surface area (Å²) in [5.74, 6) is 1.20. The second-order valence-corrected chi connectivity index (χ2v) is 4.60. The van der Waals surface area contributed by atoms with Gasteiger partial charge in [0.15, 0.2) is 5.65 Å². The summed E-state index contributed by atoms with van der Waals surface area (Å²) < 4.78 is 0. The maximum Gasteiger partial charge on any atom is 0.180 e. The number of aliphatic hydroxyl groups is 1. The molecular formula is C13H18N4O. The molecule has 1 unspecified atom stereocenters. The number of anilines is 1. The van der Waals surface area contributed by atoms with E-state index in [1.807, 2.05) is 12.1 Å². The van der Waals surface area contributed by atoms with Gasteiger partial charge in [0, 0.05) is 25.0 Å². The quantitative estimate of drug-likeness (QED) is 0.842. The van der Waals surface area contributed by atoms with Crippen molar-refractivity contribution in [1.82, 2.24) is 15.0 Å². The van der Waals surface area contributed by atoms with Crippen LogP contribution in [-0.2, 0) is 0 Å². The number of hydrogen-bond acceptors (Lipinski definition) is 5. The minimum Gasteiger partial charge on any atom is -0.396 e. The molecule has 2 rings (SSSR count). The van der Waals surface area contributed by atoms with E-state index >= 15 is 0 Å². The van der Waals surface area contributed by atoms with Crippen LogP contribution in [0.15, 0.2) is 24.5 Å². The Labute approximate surface area is 106 Å². The van der Waals surface area contributed by atoms with Crippen molar-refractivity contribution in [3.05, 3.63) is 24.5 Å². The van der Waals surface area contributed by atoms with Crippen LogP contribution in [0.1, 0.15) is 20.3 Å². The Morgan fingerprint density at radius 3 is 2.72 bits per heavy atom. The Morgan fingerprint density at radius 2 is 2.00 bits per heavy atom. The lowest BCUT2D eigenvalue weighted by molar-refractivity contribution is 0.267. The number of aromatic nitrogens is 3. The van der Waals surface area contributed by atoms with Crippen LogP contribution in [0.4, 0.5) is 5.82 Å². The van der Waals surface area contributed by atoms with Crippen LogP contribution in [0.3, 0.4) is 0 Å². The molecule has 0 saturated heterocycles. The third-order valence-corrected chi connectivity index (χ3v) is 2.91. The maximum atomic E-state index is 9.05. The number of aliphatic hydroxyl groups excluding tert-OH is 1. The van der Waals surface area contributed by atoms with E-state index in [1.165, 1.54) is 0 Å². The van der Waals surface area contributed by atoms with Gasteiger partial charge in [-0.2, -0.15) is 0 Å². The van der Waals surface area contributed by atoms with Crippen LogP contribution in [-0.4, -0.2) is 32.7 Å². The Kier molecular flexibility index (Phi) is 4.04. The van der Waals surface area contributed by atoms with E-state index in [0.29, 0.717) is 18.0 Å². The van der Waals surface area contributed by atoms with Gasteiger partial charge in [0.2, 0.25) is 0 Å². The normalized spacial score (nSPS) is 12.9.